The number of imide groups is 1. The number of anilines is 1. The van der Waals surface area contributed by atoms with E-state index in [0.717, 1.165) is 4.90 Å². The highest BCUT2D eigenvalue weighted by molar-refractivity contribution is 14.1. The van der Waals surface area contributed by atoms with Crippen LogP contribution in [0.5, 0.6) is 11.5 Å². The zero-order valence-corrected chi connectivity index (χ0v) is 22.5. The molecule has 0 aromatic heterocycles. The minimum atomic E-state index is -0.672. The van der Waals surface area contributed by atoms with Crippen LogP contribution in [-0.4, -0.2) is 54.3 Å². The quantitative estimate of drug-likeness (QED) is 0.247. The van der Waals surface area contributed by atoms with E-state index in [2.05, 4.69) is 5.32 Å². The van der Waals surface area contributed by atoms with Gasteiger partial charge in [-0.1, -0.05) is 0 Å². The van der Waals surface area contributed by atoms with E-state index in [1.165, 1.54) is 37.5 Å². The number of ether oxygens (including phenoxy) is 3. The van der Waals surface area contributed by atoms with E-state index >= 15 is 0 Å². The lowest BCUT2D eigenvalue weighted by atomic mass is 10.2. The molecule has 2 aromatic rings. The topological polar surface area (TPSA) is 111 Å². The van der Waals surface area contributed by atoms with Crippen molar-refractivity contribution >= 4 is 69.1 Å². The molecular weight excluding hydrogens is 606 g/mol. The van der Waals surface area contributed by atoms with Crippen molar-refractivity contribution in [3.05, 3.63) is 56.3 Å². The molecule has 1 aliphatic rings. The third kappa shape index (κ3) is 7.20. The highest BCUT2D eigenvalue weighted by Crippen LogP contribution is 2.37. The Kier molecular flexibility index (Phi) is 9.31. The number of benzene rings is 2. The molecule has 190 valence electrons. The van der Waals surface area contributed by atoms with Crippen LogP contribution in [0, 0.1) is 9.39 Å². The summed E-state index contributed by atoms with van der Waals surface area (Å²) in [6, 6.07) is 8.61. The summed E-state index contributed by atoms with van der Waals surface area (Å²) in [6.07, 6.45) is 1.14. The summed E-state index contributed by atoms with van der Waals surface area (Å²) in [4.78, 5) is 50.0. The Bertz CT molecular complexity index is 1220. The third-order valence-corrected chi connectivity index (χ3v) is 6.26. The monoisotopic (exact) mass is 628 g/mol. The van der Waals surface area contributed by atoms with Crippen molar-refractivity contribution in [1.82, 2.24) is 4.90 Å². The van der Waals surface area contributed by atoms with Crippen molar-refractivity contribution in [3.63, 3.8) is 0 Å². The van der Waals surface area contributed by atoms with Gasteiger partial charge in [0.05, 0.1) is 21.7 Å². The van der Waals surface area contributed by atoms with Crippen molar-refractivity contribution < 1.29 is 37.8 Å². The SMILES string of the molecule is COc1cc(/C=C2/SC(=O)N(CC(=O)OC(C)C)C2=O)cc(I)c1OCC(=O)Nc1ccc(F)cc1. The number of halogens is 2. The van der Waals surface area contributed by atoms with Gasteiger partial charge in [0.25, 0.3) is 17.1 Å². The van der Waals surface area contributed by atoms with Gasteiger partial charge in [-0.25, -0.2) is 4.39 Å². The molecule has 36 heavy (non-hydrogen) atoms. The van der Waals surface area contributed by atoms with Crippen LogP contribution in [0.1, 0.15) is 19.4 Å². The van der Waals surface area contributed by atoms with Crippen LogP contribution in [0.3, 0.4) is 0 Å². The molecule has 0 saturated carbocycles. The number of hydrogen-bond acceptors (Lipinski definition) is 8. The molecule has 1 saturated heterocycles. The number of nitrogens with zero attached hydrogens (tertiary/aromatic N) is 1. The predicted molar refractivity (Wildman–Crippen MR) is 140 cm³/mol. The van der Waals surface area contributed by atoms with Gasteiger partial charge in [0.2, 0.25) is 0 Å². The van der Waals surface area contributed by atoms with Gasteiger partial charge in [-0.2, -0.15) is 0 Å². The third-order valence-electron chi connectivity index (χ3n) is 4.55. The smallest absolute Gasteiger partial charge is 0.326 e. The molecule has 2 aromatic carbocycles. The highest BCUT2D eigenvalue weighted by atomic mass is 127. The first kappa shape index (κ1) is 27.5. The molecule has 0 bridgehead atoms. The van der Waals surface area contributed by atoms with Crippen molar-refractivity contribution in [2.45, 2.75) is 20.0 Å². The van der Waals surface area contributed by atoms with Crippen LogP contribution in [0.25, 0.3) is 6.08 Å². The van der Waals surface area contributed by atoms with Crippen LogP contribution in [0.2, 0.25) is 0 Å². The summed E-state index contributed by atoms with van der Waals surface area (Å²) >= 11 is 2.71. The molecule has 1 fully saturated rings. The lowest BCUT2D eigenvalue weighted by Gasteiger charge is -2.14. The van der Waals surface area contributed by atoms with Gasteiger partial charge in [-0.3, -0.25) is 24.1 Å². The van der Waals surface area contributed by atoms with E-state index in [4.69, 9.17) is 14.2 Å². The van der Waals surface area contributed by atoms with Crippen LogP contribution in [0.4, 0.5) is 14.9 Å². The molecule has 0 spiro atoms. The number of thioether (sulfide) groups is 1. The van der Waals surface area contributed by atoms with Crippen LogP contribution < -0.4 is 14.8 Å². The normalized spacial score (nSPS) is 14.4. The Morgan fingerprint density at radius 3 is 2.53 bits per heavy atom. The van der Waals surface area contributed by atoms with Crippen molar-refractivity contribution in [2.24, 2.45) is 0 Å². The van der Waals surface area contributed by atoms with Crippen LogP contribution in [0.15, 0.2) is 41.3 Å². The van der Waals surface area contributed by atoms with Gasteiger partial charge in [-0.15, -0.1) is 0 Å². The summed E-state index contributed by atoms with van der Waals surface area (Å²) in [5, 5.41) is 2.03. The van der Waals surface area contributed by atoms with E-state index in [-0.39, 0.29) is 17.6 Å². The number of nitrogens with one attached hydrogen (secondary N) is 1. The number of carbonyl (C=O) groups excluding carboxylic acids is 4. The standard InChI is InChI=1S/C24H22FIN2O7S/c1-13(2)35-21(30)11-28-23(31)19(36-24(28)32)10-14-8-17(26)22(18(9-14)33-3)34-12-20(29)27-16-6-4-15(25)5-7-16/h4-10,13H,11-12H2,1-3H3,(H,27,29)/b19-10+. The van der Waals surface area contributed by atoms with Gasteiger partial charge in [0.15, 0.2) is 18.1 Å². The maximum absolute atomic E-state index is 13.0. The molecule has 0 unspecified atom stereocenters. The fourth-order valence-electron chi connectivity index (χ4n) is 3.05. The second kappa shape index (κ2) is 12.2. The summed E-state index contributed by atoms with van der Waals surface area (Å²) in [5.74, 6) is -1.51. The zero-order chi connectivity index (χ0) is 26.4. The molecule has 3 rings (SSSR count). The van der Waals surface area contributed by atoms with Crippen LogP contribution >= 0.6 is 34.4 Å². The lowest BCUT2D eigenvalue weighted by Crippen LogP contribution is -2.35. The molecule has 0 atom stereocenters. The average molecular weight is 628 g/mol. The zero-order valence-electron chi connectivity index (χ0n) is 19.5. The van der Waals surface area contributed by atoms with Gasteiger partial charge in [-0.05, 0) is 96.2 Å². The second-order valence-corrected chi connectivity index (χ2v) is 9.84. The fourth-order valence-corrected chi connectivity index (χ4v) is 4.67. The summed E-state index contributed by atoms with van der Waals surface area (Å²) < 4.78 is 29.7. The number of hydrogen-bond donors (Lipinski definition) is 1. The molecule has 3 amide bonds. The van der Waals surface area contributed by atoms with Crippen molar-refractivity contribution in [2.75, 3.05) is 25.6 Å². The summed E-state index contributed by atoms with van der Waals surface area (Å²) in [5.41, 5.74) is 0.975. The first-order chi connectivity index (χ1) is 17.1. The molecule has 9 nitrogen and oxygen atoms in total. The number of carbonyl (C=O) groups is 4. The molecule has 0 aliphatic carbocycles. The Morgan fingerprint density at radius 1 is 1.19 bits per heavy atom. The lowest BCUT2D eigenvalue weighted by molar-refractivity contribution is -0.149. The van der Waals surface area contributed by atoms with Crippen LogP contribution in [-0.2, 0) is 19.1 Å². The predicted octanol–water partition coefficient (Wildman–Crippen LogP) is 4.44. The minimum Gasteiger partial charge on any atom is -0.493 e. The first-order valence-electron chi connectivity index (χ1n) is 10.6. The Labute approximate surface area is 224 Å². The number of esters is 1. The van der Waals surface area contributed by atoms with E-state index in [0.29, 0.717) is 38.1 Å². The largest absolute Gasteiger partial charge is 0.493 e. The summed E-state index contributed by atoms with van der Waals surface area (Å²) in [7, 11) is 1.43. The van der Waals surface area contributed by atoms with E-state index in [1.807, 2.05) is 22.6 Å². The van der Waals surface area contributed by atoms with Crippen molar-refractivity contribution in [3.8, 4) is 11.5 Å². The van der Waals surface area contributed by atoms with Gasteiger partial charge in [0.1, 0.15) is 12.4 Å². The Morgan fingerprint density at radius 2 is 1.89 bits per heavy atom. The molecule has 12 heteroatoms. The maximum Gasteiger partial charge on any atom is 0.326 e. The number of methoxy groups -OCH3 is 1. The highest BCUT2D eigenvalue weighted by Gasteiger charge is 2.37. The summed E-state index contributed by atoms with van der Waals surface area (Å²) in [6.45, 7) is 2.56. The molecular formula is C24H22FIN2O7S. The van der Waals surface area contributed by atoms with Gasteiger partial charge < -0.3 is 19.5 Å². The van der Waals surface area contributed by atoms with Crippen molar-refractivity contribution in [1.29, 1.82) is 0 Å². The number of amides is 3. The fraction of sp³-hybridized carbons (Fsp3) is 0.250. The van der Waals surface area contributed by atoms with Gasteiger partial charge >= 0.3 is 5.97 Å². The molecule has 1 heterocycles. The Hall–Kier alpha value is -3.13. The maximum atomic E-state index is 13.0. The molecule has 1 aliphatic heterocycles. The van der Waals surface area contributed by atoms with E-state index in [1.54, 1.807) is 26.0 Å². The minimum absolute atomic E-state index is 0.141. The Balaban J connectivity index is 1.70. The molecule has 1 N–H and O–H groups in total. The number of rotatable bonds is 9. The average Bonchev–Trinajstić information content (AvgIpc) is 3.06. The van der Waals surface area contributed by atoms with E-state index < -0.39 is 35.4 Å². The first-order valence-corrected chi connectivity index (χ1v) is 12.5. The van der Waals surface area contributed by atoms with Gasteiger partial charge in [0, 0.05) is 5.69 Å². The molecule has 0 radical (unpaired) electrons. The second-order valence-electron chi connectivity index (χ2n) is 7.68. The van der Waals surface area contributed by atoms with E-state index in [9.17, 15) is 23.6 Å².